The van der Waals surface area contributed by atoms with E-state index in [1.54, 1.807) is 0 Å². The maximum atomic E-state index is 5.97. The summed E-state index contributed by atoms with van der Waals surface area (Å²) in [6.45, 7) is 0. The zero-order chi connectivity index (χ0) is 11.2. The zero-order valence-electron chi connectivity index (χ0n) is 8.42. The quantitative estimate of drug-likeness (QED) is 0.740. The van der Waals surface area contributed by atoms with E-state index in [0.29, 0.717) is 11.5 Å². The molecule has 82 valence electrons. The number of halogens is 1. The van der Waals surface area contributed by atoms with Crippen LogP contribution in [0.2, 0.25) is 0 Å². The first kappa shape index (κ1) is 11.3. The molecule has 0 aliphatic carbocycles. The lowest BCUT2D eigenvalue weighted by molar-refractivity contribution is 0.508. The molecule has 0 bridgehead atoms. The van der Waals surface area contributed by atoms with Crippen molar-refractivity contribution in [3.05, 3.63) is 60.7 Å². The Hall–Kier alpha value is -1.24. The highest BCUT2D eigenvalue weighted by Gasteiger charge is 2.10. The van der Waals surface area contributed by atoms with Crippen molar-refractivity contribution in [2.24, 2.45) is 0 Å². The molecule has 0 saturated carbocycles. The van der Waals surface area contributed by atoms with E-state index in [-0.39, 0.29) is 0 Å². The SMILES string of the molecule is ClP(Oc1ccccc1)Oc1ccccc1. The van der Waals surface area contributed by atoms with E-state index < -0.39 is 7.73 Å². The van der Waals surface area contributed by atoms with E-state index in [1.165, 1.54) is 0 Å². The zero-order valence-corrected chi connectivity index (χ0v) is 10.1. The Morgan fingerprint density at radius 2 is 1.06 bits per heavy atom. The van der Waals surface area contributed by atoms with Gasteiger partial charge in [0.05, 0.1) is 0 Å². The minimum Gasteiger partial charge on any atom is -0.427 e. The predicted molar refractivity (Wildman–Crippen MR) is 66.9 cm³/mol. The van der Waals surface area contributed by atoms with Crippen LogP contribution in [-0.2, 0) is 0 Å². The van der Waals surface area contributed by atoms with Crippen LogP contribution < -0.4 is 9.05 Å². The van der Waals surface area contributed by atoms with Crippen LogP contribution in [0, 0.1) is 0 Å². The van der Waals surface area contributed by atoms with Gasteiger partial charge in [-0.1, -0.05) is 36.4 Å². The maximum Gasteiger partial charge on any atom is 0.401 e. The Morgan fingerprint density at radius 3 is 1.44 bits per heavy atom. The third-order valence-corrected chi connectivity index (χ3v) is 2.96. The second-order valence-corrected chi connectivity index (χ2v) is 4.64. The molecule has 0 aromatic heterocycles. The molecule has 0 saturated heterocycles. The van der Waals surface area contributed by atoms with Crippen LogP contribution in [0.3, 0.4) is 0 Å². The predicted octanol–water partition coefficient (Wildman–Crippen LogP) is 4.61. The highest BCUT2D eigenvalue weighted by Crippen LogP contribution is 2.44. The van der Waals surface area contributed by atoms with Gasteiger partial charge in [-0.15, -0.1) is 0 Å². The van der Waals surface area contributed by atoms with E-state index in [9.17, 15) is 0 Å². The van der Waals surface area contributed by atoms with Crippen molar-refractivity contribution in [2.75, 3.05) is 0 Å². The van der Waals surface area contributed by atoms with Gasteiger partial charge < -0.3 is 9.05 Å². The summed E-state index contributed by atoms with van der Waals surface area (Å²) in [5.74, 6) is 1.42. The Balaban J connectivity index is 1.92. The number of para-hydroxylation sites is 2. The molecule has 0 aliphatic heterocycles. The van der Waals surface area contributed by atoms with Crippen molar-refractivity contribution >= 4 is 19.0 Å². The average molecular weight is 253 g/mol. The van der Waals surface area contributed by atoms with Gasteiger partial charge in [-0.05, 0) is 35.5 Å². The number of rotatable bonds is 4. The summed E-state index contributed by atoms with van der Waals surface area (Å²) in [7, 11) is -1.46. The fourth-order valence-electron chi connectivity index (χ4n) is 1.15. The molecule has 0 aliphatic rings. The van der Waals surface area contributed by atoms with Crippen molar-refractivity contribution < 1.29 is 9.05 Å². The highest BCUT2D eigenvalue weighted by molar-refractivity contribution is 7.76. The van der Waals surface area contributed by atoms with Gasteiger partial charge in [0, 0.05) is 0 Å². The molecule has 2 aromatic rings. The van der Waals surface area contributed by atoms with E-state index in [0.717, 1.165) is 0 Å². The third-order valence-electron chi connectivity index (χ3n) is 1.84. The van der Waals surface area contributed by atoms with Crippen LogP contribution in [0.4, 0.5) is 0 Å². The first-order valence-electron chi connectivity index (χ1n) is 4.76. The number of hydrogen-bond acceptors (Lipinski definition) is 2. The normalized spacial score (nSPS) is 10.1. The molecule has 0 amide bonds. The lowest BCUT2D eigenvalue weighted by Crippen LogP contribution is -1.89. The molecule has 2 nitrogen and oxygen atoms in total. The van der Waals surface area contributed by atoms with Crippen molar-refractivity contribution in [1.82, 2.24) is 0 Å². The van der Waals surface area contributed by atoms with Gasteiger partial charge in [0.1, 0.15) is 11.5 Å². The second-order valence-electron chi connectivity index (χ2n) is 3.02. The van der Waals surface area contributed by atoms with Crippen molar-refractivity contribution in [1.29, 1.82) is 0 Å². The minimum absolute atomic E-state index is 0.708. The van der Waals surface area contributed by atoms with Crippen molar-refractivity contribution in [3.8, 4) is 11.5 Å². The van der Waals surface area contributed by atoms with E-state index in [1.807, 2.05) is 60.7 Å². The fourth-order valence-corrected chi connectivity index (χ4v) is 2.24. The van der Waals surface area contributed by atoms with Gasteiger partial charge in [-0.3, -0.25) is 0 Å². The van der Waals surface area contributed by atoms with E-state index in [2.05, 4.69) is 0 Å². The third kappa shape index (κ3) is 3.41. The van der Waals surface area contributed by atoms with Crippen LogP contribution in [-0.4, -0.2) is 0 Å². The summed E-state index contributed by atoms with van der Waals surface area (Å²) in [5, 5.41) is 0. The van der Waals surface area contributed by atoms with E-state index in [4.69, 9.17) is 20.3 Å². The summed E-state index contributed by atoms with van der Waals surface area (Å²) >= 11 is 5.97. The van der Waals surface area contributed by atoms with Crippen LogP contribution >= 0.6 is 19.0 Å². The van der Waals surface area contributed by atoms with E-state index >= 15 is 0 Å². The molecule has 2 rings (SSSR count). The maximum absolute atomic E-state index is 5.97. The van der Waals surface area contributed by atoms with Gasteiger partial charge >= 0.3 is 7.73 Å². The first-order valence-corrected chi connectivity index (χ1v) is 6.85. The van der Waals surface area contributed by atoms with Crippen LogP contribution in [0.25, 0.3) is 0 Å². The molecule has 16 heavy (non-hydrogen) atoms. The monoisotopic (exact) mass is 252 g/mol. The summed E-state index contributed by atoms with van der Waals surface area (Å²) in [6, 6.07) is 18.7. The van der Waals surface area contributed by atoms with Crippen LogP contribution in [0.5, 0.6) is 11.5 Å². The largest absolute Gasteiger partial charge is 0.427 e. The first-order chi connectivity index (χ1) is 7.84. The fraction of sp³-hybridized carbons (Fsp3) is 0. The number of hydrogen-bond donors (Lipinski definition) is 0. The second kappa shape index (κ2) is 5.74. The lowest BCUT2D eigenvalue weighted by atomic mass is 10.3. The standard InChI is InChI=1S/C12H10ClO2P/c13-16(14-11-7-3-1-4-8-11)15-12-9-5-2-6-10-12/h1-10H. The molecule has 0 N–H and O–H groups in total. The average Bonchev–Trinajstić information content (AvgIpc) is 2.31. The van der Waals surface area contributed by atoms with Crippen molar-refractivity contribution in [3.63, 3.8) is 0 Å². The highest BCUT2D eigenvalue weighted by atomic mass is 35.7. The van der Waals surface area contributed by atoms with Gasteiger partial charge in [0.2, 0.25) is 0 Å². The molecule has 0 unspecified atom stereocenters. The minimum atomic E-state index is -1.46. The lowest BCUT2D eigenvalue weighted by Gasteiger charge is -2.11. The molecule has 0 fully saturated rings. The number of benzene rings is 2. The molecule has 0 spiro atoms. The Kier molecular flexibility index (Phi) is 4.03. The molecular formula is C12H10ClO2P. The molecule has 4 heteroatoms. The van der Waals surface area contributed by atoms with Crippen molar-refractivity contribution in [2.45, 2.75) is 0 Å². The summed E-state index contributed by atoms with van der Waals surface area (Å²) < 4.78 is 10.9. The Morgan fingerprint density at radius 1 is 0.688 bits per heavy atom. The molecule has 0 atom stereocenters. The van der Waals surface area contributed by atoms with Gasteiger partial charge in [0.25, 0.3) is 0 Å². The van der Waals surface area contributed by atoms with Gasteiger partial charge in [0.15, 0.2) is 0 Å². The topological polar surface area (TPSA) is 18.5 Å². The summed E-state index contributed by atoms with van der Waals surface area (Å²) in [4.78, 5) is 0. The summed E-state index contributed by atoms with van der Waals surface area (Å²) in [5.41, 5.74) is 0. The Bertz CT molecular complexity index is 380. The van der Waals surface area contributed by atoms with Crippen LogP contribution in [0.1, 0.15) is 0 Å². The Labute approximate surface area is 100 Å². The summed E-state index contributed by atoms with van der Waals surface area (Å²) in [6.07, 6.45) is 0. The molecule has 0 heterocycles. The van der Waals surface area contributed by atoms with Crippen LogP contribution in [0.15, 0.2) is 60.7 Å². The van der Waals surface area contributed by atoms with Gasteiger partial charge in [-0.25, -0.2) is 0 Å². The molecule has 2 aromatic carbocycles. The smallest absolute Gasteiger partial charge is 0.401 e. The van der Waals surface area contributed by atoms with Gasteiger partial charge in [-0.2, -0.15) is 0 Å². The molecular weight excluding hydrogens is 243 g/mol. The molecule has 0 radical (unpaired) electrons.